The molecule has 15 heteroatoms. The fraction of sp³-hybridized carbons (Fsp3) is 0.333. The molecule has 0 saturated heterocycles. The van der Waals surface area contributed by atoms with Crippen LogP contribution in [-0.2, 0) is 15.7 Å². The van der Waals surface area contributed by atoms with Crippen molar-refractivity contribution in [3.63, 3.8) is 0 Å². The number of aromatic nitrogens is 8. The van der Waals surface area contributed by atoms with Gasteiger partial charge in [0.2, 0.25) is 5.82 Å². The predicted molar refractivity (Wildman–Crippen MR) is 129 cm³/mol. The highest BCUT2D eigenvalue weighted by molar-refractivity contribution is 6.03. The van der Waals surface area contributed by atoms with Crippen molar-refractivity contribution in [3.8, 4) is 22.6 Å². The Morgan fingerprint density at radius 1 is 1.23 bits per heavy atom. The molecule has 5 rings (SSSR count). The Bertz CT molecular complexity index is 1530. The molecule has 1 N–H and O–H groups in total. The quantitative estimate of drug-likeness (QED) is 0.330. The second-order valence-corrected chi connectivity index (χ2v) is 9.01. The molecule has 1 fully saturated rings. The zero-order valence-electron chi connectivity index (χ0n) is 20.8. The zero-order chi connectivity index (χ0) is 27.7. The molecule has 12 nitrogen and oxygen atoms in total. The second kappa shape index (κ2) is 10.2. The fourth-order valence-electron chi connectivity index (χ4n) is 3.84. The maximum absolute atomic E-state index is 13.7. The number of ether oxygens (including phenoxy) is 1. The molecule has 1 aliphatic rings. The Kier molecular flexibility index (Phi) is 6.80. The Morgan fingerprint density at radius 3 is 2.74 bits per heavy atom. The SMILES string of the molecule is CC(=O)OC[C@@H](C)n1nnnc1-c1cccc(NC(=O)c2cc(-c3cnn(C4CC4)c3)c(C(F)(F)F)cn2)n1. The lowest BCUT2D eigenvalue weighted by Crippen LogP contribution is -2.18. The van der Waals surface area contributed by atoms with Crippen LogP contribution in [0.2, 0.25) is 0 Å². The van der Waals surface area contributed by atoms with E-state index < -0.39 is 29.7 Å². The monoisotopic (exact) mass is 541 g/mol. The van der Waals surface area contributed by atoms with Crippen molar-refractivity contribution in [2.45, 2.75) is 44.9 Å². The minimum absolute atomic E-state index is 0.0330. The molecule has 0 aliphatic heterocycles. The van der Waals surface area contributed by atoms with Crippen molar-refractivity contribution < 1.29 is 27.5 Å². The highest BCUT2D eigenvalue weighted by atomic mass is 19.4. The first-order valence-electron chi connectivity index (χ1n) is 11.9. The number of rotatable bonds is 8. The molecule has 1 atom stereocenters. The predicted octanol–water partition coefficient (Wildman–Crippen LogP) is 3.72. The molecule has 0 unspecified atom stereocenters. The van der Waals surface area contributed by atoms with E-state index in [0.29, 0.717) is 11.9 Å². The Labute approximate surface area is 219 Å². The highest BCUT2D eigenvalue weighted by Crippen LogP contribution is 2.39. The Balaban J connectivity index is 1.39. The molecule has 1 aliphatic carbocycles. The molecular weight excluding hydrogens is 519 g/mol. The van der Waals surface area contributed by atoms with Crippen molar-refractivity contribution in [2.24, 2.45) is 0 Å². The number of hydrogen-bond donors (Lipinski definition) is 1. The van der Waals surface area contributed by atoms with Crippen LogP contribution >= 0.6 is 0 Å². The molecule has 4 aromatic rings. The van der Waals surface area contributed by atoms with E-state index in [2.05, 4.69) is 35.9 Å². The average Bonchev–Trinajstić information content (AvgIpc) is 3.42. The number of carbonyl (C=O) groups excluding carboxylic acids is 2. The summed E-state index contributed by atoms with van der Waals surface area (Å²) in [5.41, 5.74) is -0.854. The van der Waals surface area contributed by atoms with E-state index in [1.807, 2.05) is 0 Å². The summed E-state index contributed by atoms with van der Waals surface area (Å²) in [5, 5.41) is 18.3. The van der Waals surface area contributed by atoms with Gasteiger partial charge in [0.25, 0.3) is 5.91 Å². The number of tetrazole rings is 1. The van der Waals surface area contributed by atoms with Gasteiger partial charge in [0, 0.05) is 30.4 Å². The smallest absolute Gasteiger partial charge is 0.418 e. The van der Waals surface area contributed by atoms with Crippen LogP contribution in [0.3, 0.4) is 0 Å². The van der Waals surface area contributed by atoms with E-state index in [-0.39, 0.29) is 41.1 Å². The van der Waals surface area contributed by atoms with Gasteiger partial charge in [-0.3, -0.25) is 19.3 Å². The van der Waals surface area contributed by atoms with E-state index in [0.717, 1.165) is 18.9 Å². The van der Waals surface area contributed by atoms with Gasteiger partial charge in [-0.2, -0.15) is 18.3 Å². The number of carbonyl (C=O) groups is 2. The molecule has 1 saturated carbocycles. The van der Waals surface area contributed by atoms with Gasteiger partial charge in [0.05, 0.1) is 23.8 Å². The minimum Gasteiger partial charge on any atom is -0.464 e. The maximum Gasteiger partial charge on any atom is 0.418 e. The Morgan fingerprint density at radius 2 is 2.03 bits per heavy atom. The van der Waals surface area contributed by atoms with Gasteiger partial charge in [-0.1, -0.05) is 6.07 Å². The maximum atomic E-state index is 13.7. The summed E-state index contributed by atoms with van der Waals surface area (Å²) in [6.07, 6.45) is 0.693. The molecule has 0 bridgehead atoms. The summed E-state index contributed by atoms with van der Waals surface area (Å²) >= 11 is 0. The molecule has 4 heterocycles. The number of amides is 1. The lowest BCUT2D eigenvalue weighted by molar-refractivity contribution is -0.142. The van der Waals surface area contributed by atoms with Crippen LogP contribution in [0.5, 0.6) is 0 Å². The lowest BCUT2D eigenvalue weighted by atomic mass is 10.0. The van der Waals surface area contributed by atoms with Gasteiger partial charge >= 0.3 is 12.1 Å². The first-order chi connectivity index (χ1) is 18.6. The zero-order valence-corrected chi connectivity index (χ0v) is 20.8. The van der Waals surface area contributed by atoms with E-state index in [1.165, 1.54) is 23.9 Å². The second-order valence-electron chi connectivity index (χ2n) is 9.01. The van der Waals surface area contributed by atoms with Crippen LogP contribution in [0.15, 0.2) is 42.9 Å². The van der Waals surface area contributed by atoms with Crippen LogP contribution in [0, 0.1) is 0 Å². The standard InChI is InChI=1S/C24H22F3N9O3/c1-13(12-39-14(2)37)36-22(32-33-34-36)19-4-3-5-21(30-19)31-23(38)20-8-17(18(10-28-20)24(25,26)27)15-9-29-35(11-15)16-6-7-16/h3-5,8-11,13,16H,6-7,12H2,1-2H3,(H,30,31,38)/t13-/m1/s1. The normalized spacial score (nSPS) is 14.2. The van der Waals surface area contributed by atoms with Crippen LogP contribution in [0.4, 0.5) is 19.0 Å². The van der Waals surface area contributed by atoms with Crippen LogP contribution < -0.4 is 5.32 Å². The topological polar surface area (TPSA) is 143 Å². The largest absolute Gasteiger partial charge is 0.464 e. The highest BCUT2D eigenvalue weighted by Gasteiger charge is 2.35. The molecule has 4 aromatic heterocycles. The number of alkyl halides is 3. The molecule has 1 amide bonds. The van der Waals surface area contributed by atoms with Crippen LogP contribution in [0.25, 0.3) is 22.6 Å². The number of anilines is 1. The number of pyridine rings is 2. The number of esters is 1. The summed E-state index contributed by atoms with van der Waals surface area (Å²) in [6.45, 7) is 3.07. The number of nitrogens with zero attached hydrogens (tertiary/aromatic N) is 8. The number of nitrogens with one attached hydrogen (secondary N) is 1. The van der Waals surface area contributed by atoms with Crippen molar-refractivity contribution >= 4 is 17.7 Å². The van der Waals surface area contributed by atoms with E-state index in [1.54, 1.807) is 29.9 Å². The number of halogens is 3. The molecular formula is C24H22F3N9O3. The van der Waals surface area contributed by atoms with E-state index >= 15 is 0 Å². The molecule has 0 aromatic carbocycles. The molecule has 202 valence electrons. The van der Waals surface area contributed by atoms with Gasteiger partial charge in [0.1, 0.15) is 23.8 Å². The van der Waals surface area contributed by atoms with Crippen LogP contribution in [0.1, 0.15) is 54.8 Å². The first-order valence-corrected chi connectivity index (χ1v) is 11.9. The third kappa shape index (κ3) is 5.76. The molecule has 0 spiro atoms. The van der Waals surface area contributed by atoms with Gasteiger partial charge in [0.15, 0.2) is 0 Å². The summed E-state index contributed by atoms with van der Waals surface area (Å²) in [7, 11) is 0. The summed E-state index contributed by atoms with van der Waals surface area (Å²) < 4.78 is 49.2. The van der Waals surface area contributed by atoms with Gasteiger partial charge in [-0.15, -0.1) is 5.10 Å². The van der Waals surface area contributed by atoms with E-state index in [4.69, 9.17) is 4.74 Å². The van der Waals surface area contributed by atoms with Gasteiger partial charge < -0.3 is 10.1 Å². The summed E-state index contributed by atoms with van der Waals surface area (Å²) in [5.74, 6) is -0.846. The molecule has 0 radical (unpaired) electrons. The molecule has 39 heavy (non-hydrogen) atoms. The minimum atomic E-state index is -4.68. The third-order valence-corrected chi connectivity index (χ3v) is 5.93. The first kappa shape index (κ1) is 25.9. The van der Waals surface area contributed by atoms with Crippen molar-refractivity contribution in [3.05, 3.63) is 54.1 Å². The van der Waals surface area contributed by atoms with Crippen molar-refractivity contribution in [1.82, 2.24) is 40.0 Å². The fourth-order valence-corrected chi connectivity index (χ4v) is 3.84. The average molecular weight is 541 g/mol. The third-order valence-electron chi connectivity index (χ3n) is 5.93. The van der Waals surface area contributed by atoms with Gasteiger partial charge in [-0.05, 0) is 48.4 Å². The Hall–Kier alpha value is -4.69. The van der Waals surface area contributed by atoms with Crippen LogP contribution in [-0.4, -0.2) is 58.4 Å². The van der Waals surface area contributed by atoms with E-state index in [9.17, 15) is 22.8 Å². The van der Waals surface area contributed by atoms with Crippen molar-refractivity contribution in [1.29, 1.82) is 0 Å². The lowest BCUT2D eigenvalue weighted by Gasteiger charge is -2.14. The number of hydrogen-bond acceptors (Lipinski definition) is 9. The van der Waals surface area contributed by atoms with Gasteiger partial charge in [-0.25, -0.2) is 9.67 Å². The summed E-state index contributed by atoms with van der Waals surface area (Å²) in [6, 6.07) is 5.59. The van der Waals surface area contributed by atoms with Crippen molar-refractivity contribution in [2.75, 3.05) is 11.9 Å². The summed E-state index contributed by atoms with van der Waals surface area (Å²) in [4.78, 5) is 32.3.